The Bertz CT molecular complexity index is 450. The van der Waals surface area contributed by atoms with Gasteiger partial charge in [0.2, 0.25) is 0 Å². The molecule has 5 nitrogen and oxygen atoms in total. The molecule has 0 spiro atoms. The second kappa shape index (κ2) is 6.12. The second-order valence-electron chi connectivity index (χ2n) is 5.26. The zero-order valence-corrected chi connectivity index (χ0v) is 11.5. The molecule has 0 aliphatic carbocycles. The molecule has 0 bridgehead atoms. The Hall–Kier alpha value is -1.46. The van der Waals surface area contributed by atoms with Gasteiger partial charge in [-0.1, -0.05) is 12.1 Å². The number of nitrogens with one attached hydrogen (secondary N) is 1. The fourth-order valence-corrected chi connectivity index (χ4v) is 2.58. The van der Waals surface area contributed by atoms with Crippen molar-refractivity contribution in [2.24, 2.45) is 0 Å². The Balaban J connectivity index is 1.93. The highest BCUT2D eigenvalue weighted by Gasteiger charge is 2.21. The summed E-state index contributed by atoms with van der Waals surface area (Å²) in [6.07, 6.45) is 2.49. The molecule has 0 aromatic heterocycles. The van der Waals surface area contributed by atoms with E-state index in [1.807, 2.05) is 13.0 Å². The molecule has 19 heavy (non-hydrogen) atoms. The van der Waals surface area contributed by atoms with Gasteiger partial charge in [0.25, 0.3) is 5.69 Å². The zero-order valence-electron chi connectivity index (χ0n) is 11.5. The second-order valence-corrected chi connectivity index (χ2v) is 5.26. The highest BCUT2D eigenvalue weighted by Crippen LogP contribution is 2.20. The highest BCUT2D eigenvalue weighted by molar-refractivity contribution is 5.35. The Labute approximate surface area is 113 Å². The van der Waals surface area contributed by atoms with Crippen LogP contribution in [0.2, 0.25) is 0 Å². The maximum atomic E-state index is 10.8. The molecule has 1 heterocycles. The number of non-ortho nitro benzene ring substituents is 1. The number of rotatable bonds is 5. The standard InChI is InChI=1S/C14H21N3O2/c1-11(15-10-14-7-4-8-16(14)2)12-5-3-6-13(9-12)17(18)19/h3,5-6,9,11,14-15H,4,7-8,10H2,1-2H3. The lowest BCUT2D eigenvalue weighted by molar-refractivity contribution is -0.384. The van der Waals surface area contributed by atoms with Crippen LogP contribution in [0, 0.1) is 10.1 Å². The van der Waals surface area contributed by atoms with Gasteiger partial charge >= 0.3 is 0 Å². The molecule has 0 amide bonds. The summed E-state index contributed by atoms with van der Waals surface area (Å²) in [5, 5.41) is 14.2. The molecule has 0 saturated carbocycles. The Kier molecular flexibility index (Phi) is 4.50. The Morgan fingerprint density at radius 1 is 1.58 bits per heavy atom. The molecule has 2 unspecified atom stereocenters. The lowest BCUT2D eigenvalue weighted by atomic mass is 10.1. The predicted octanol–water partition coefficient (Wildman–Crippen LogP) is 2.34. The summed E-state index contributed by atoms with van der Waals surface area (Å²) in [6, 6.07) is 7.57. The van der Waals surface area contributed by atoms with Crippen LogP contribution in [-0.2, 0) is 0 Å². The SMILES string of the molecule is CC(NCC1CCCN1C)c1cccc([N+](=O)[O-])c1. The van der Waals surface area contributed by atoms with Crippen LogP contribution in [0.4, 0.5) is 5.69 Å². The van der Waals surface area contributed by atoms with Crippen molar-refractivity contribution in [1.29, 1.82) is 0 Å². The van der Waals surface area contributed by atoms with Crippen molar-refractivity contribution in [2.45, 2.75) is 31.8 Å². The minimum atomic E-state index is -0.346. The fourth-order valence-electron chi connectivity index (χ4n) is 2.58. The van der Waals surface area contributed by atoms with E-state index < -0.39 is 0 Å². The van der Waals surface area contributed by atoms with Gasteiger partial charge in [0.15, 0.2) is 0 Å². The first-order valence-corrected chi connectivity index (χ1v) is 6.76. The molecular weight excluding hydrogens is 242 g/mol. The molecule has 2 atom stereocenters. The lowest BCUT2D eigenvalue weighted by Gasteiger charge is -2.22. The molecule has 1 aliphatic rings. The molecule has 104 valence electrons. The van der Waals surface area contributed by atoms with Crippen molar-refractivity contribution in [3.05, 3.63) is 39.9 Å². The summed E-state index contributed by atoms with van der Waals surface area (Å²) in [4.78, 5) is 12.8. The molecule has 1 aromatic rings. The van der Waals surface area contributed by atoms with Crippen molar-refractivity contribution in [3.8, 4) is 0 Å². The van der Waals surface area contributed by atoms with Crippen LogP contribution in [0.5, 0.6) is 0 Å². The van der Waals surface area contributed by atoms with Crippen molar-refractivity contribution in [2.75, 3.05) is 20.1 Å². The van der Waals surface area contributed by atoms with E-state index in [0.717, 1.165) is 18.7 Å². The van der Waals surface area contributed by atoms with Gasteiger partial charge in [-0.2, -0.15) is 0 Å². The summed E-state index contributed by atoms with van der Waals surface area (Å²) in [5.41, 5.74) is 1.12. The number of nitrogens with zero attached hydrogens (tertiary/aromatic N) is 2. The van der Waals surface area contributed by atoms with Gasteiger partial charge in [0.05, 0.1) is 4.92 Å². The van der Waals surface area contributed by atoms with Crippen LogP contribution >= 0.6 is 0 Å². The van der Waals surface area contributed by atoms with Gasteiger partial charge in [-0.3, -0.25) is 10.1 Å². The topological polar surface area (TPSA) is 58.4 Å². The Morgan fingerprint density at radius 3 is 3.00 bits per heavy atom. The van der Waals surface area contributed by atoms with Gasteiger partial charge < -0.3 is 10.2 Å². The largest absolute Gasteiger partial charge is 0.309 e. The third kappa shape index (κ3) is 3.52. The molecule has 1 aliphatic heterocycles. The predicted molar refractivity (Wildman–Crippen MR) is 75.2 cm³/mol. The van der Waals surface area contributed by atoms with E-state index >= 15 is 0 Å². The Morgan fingerprint density at radius 2 is 2.37 bits per heavy atom. The van der Waals surface area contributed by atoms with Gasteiger partial charge in [-0.15, -0.1) is 0 Å². The molecule has 1 N–H and O–H groups in total. The molecule has 1 aromatic carbocycles. The van der Waals surface area contributed by atoms with Crippen LogP contribution < -0.4 is 5.32 Å². The summed E-state index contributed by atoms with van der Waals surface area (Å²) in [7, 11) is 2.15. The van der Waals surface area contributed by atoms with Gasteiger partial charge in [0, 0.05) is 30.8 Å². The van der Waals surface area contributed by atoms with E-state index in [4.69, 9.17) is 0 Å². The van der Waals surface area contributed by atoms with Crippen LogP contribution in [-0.4, -0.2) is 36.0 Å². The molecule has 1 fully saturated rings. The lowest BCUT2D eigenvalue weighted by Crippen LogP contribution is -2.36. The zero-order chi connectivity index (χ0) is 13.8. The summed E-state index contributed by atoms with van der Waals surface area (Å²) >= 11 is 0. The summed E-state index contributed by atoms with van der Waals surface area (Å²) < 4.78 is 0. The maximum absolute atomic E-state index is 10.8. The van der Waals surface area contributed by atoms with Crippen molar-refractivity contribution in [1.82, 2.24) is 10.2 Å². The summed E-state index contributed by atoms with van der Waals surface area (Å²) in [6.45, 7) is 4.14. The normalized spacial score (nSPS) is 21.5. The molecule has 0 radical (unpaired) electrons. The van der Waals surface area contributed by atoms with Crippen molar-refractivity contribution < 1.29 is 4.92 Å². The molecule has 2 rings (SSSR count). The van der Waals surface area contributed by atoms with E-state index in [-0.39, 0.29) is 16.7 Å². The fraction of sp³-hybridized carbons (Fsp3) is 0.571. The number of hydrogen-bond donors (Lipinski definition) is 1. The first-order valence-electron chi connectivity index (χ1n) is 6.76. The average molecular weight is 263 g/mol. The van der Waals surface area contributed by atoms with E-state index in [9.17, 15) is 10.1 Å². The third-order valence-electron chi connectivity index (χ3n) is 3.91. The number of likely N-dealkylation sites (N-methyl/N-ethyl adjacent to an activating group) is 1. The van der Waals surface area contributed by atoms with E-state index in [1.54, 1.807) is 12.1 Å². The van der Waals surface area contributed by atoms with Gasteiger partial charge in [0.1, 0.15) is 0 Å². The van der Waals surface area contributed by atoms with Crippen molar-refractivity contribution >= 4 is 5.69 Å². The van der Waals surface area contributed by atoms with E-state index in [0.29, 0.717) is 6.04 Å². The first-order chi connectivity index (χ1) is 9.08. The first kappa shape index (κ1) is 14.0. The number of nitro groups is 1. The molecule has 1 saturated heterocycles. The number of likely N-dealkylation sites (tertiary alicyclic amines) is 1. The number of nitro benzene ring substituents is 1. The summed E-state index contributed by atoms with van der Waals surface area (Å²) in [5.74, 6) is 0. The molecule has 5 heteroatoms. The van der Waals surface area contributed by atoms with Crippen LogP contribution in [0.15, 0.2) is 24.3 Å². The minimum Gasteiger partial charge on any atom is -0.309 e. The monoisotopic (exact) mass is 263 g/mol. The van der Waals surface area contributed by atoms with Crippen LogP contribution in [0.25, 0.3) is 0 Å². The quantitative estimate of drug-likeness (QED) is 0.654. The van der Waals surface area contributed by atoms with Crippen LogP contribution in [0.3, 0.4) is 0 Å². The van der Waals surface area contributed by atoms with Crippen LogP contribution in [0.1, 0.15) is 31.4 Å². The minimum absolute atomic E-state index is 0.133. The van der Waals surface area contributed by atoms with Crippen molar-refractivity contribution in [3.63, 3.8) is 0 Å². The molecular formula is C14H21N3O2. The number of hydrogen-bond acceptors (Lipinski definition) is 4. The highest BCUT2D eigenvalue weighted by atomic mass is 16.6. The third-order valence-corrected chi connectivity index (χ3v) is 3.91. The smallest absolute Gasteiger partial charge is 0.269 e. The average Bonchev–Trinajstić information content (AvgIpc) is 2.81. The number of benzene rings is 1. The van der Waals surface area contributed by atoms with Gasteiger partial charge in [-0.05, 0) is 38.9 Å². The van der Waals surface area contributed by atoms with E-state index in [2.05, 4.69) is 17.3 Å². The maximum Gasteiger partial charge on any atom is 0.269 e. The van der Waals surface area contributed by atoms with Gasteiger partial charge in [-0.25, -0.2) is 0 Å². The van der Waals surface area contributed by atoms with E-state index in [1.165, 1.54) is 18.9 Å².